The van der Waals surface area contributed by atoms with E-state index in [9.17, 15) is 22.8 Å². The Balaban J connectivity index is 1.78. The monoisotopic (exact) mass is 321 g/mol. The fourth-order valence-corrected chi connectivity index (χ4v) is 4.37. The number of benzene rings is 1. The predicted molar refractivity (Wildman–Crippen MR) is 76.3 cm³/mol. The van der Waals surface area contributed by atoms with Crippen molar-refractivity contribution in [1.29, 1.82) is 0 Å². The Kier molecular flexibility index (Phi) is 2.67. The average Bonchev–Trinajstić information content (AvgIpc) is 3.11. The maximum absolute atomic E-state index is 12.9. The zero-order valence-electron chi connectivity index (χ0n) is 12.3. The van der Waals surface area contributed by atoms with E-state index >= 15 is 0 Å². The molecule has 2 fully saturated rings. The van der Waals surface area contributed by atoms with Gasteiger partial charge in [-0.15, -0.1) is 0 Å². The minimum absolute atomic E-state index is 0.00449. The Morgan fingerprint density at radius 2 is 1.96 bits per heavy atom. The van der Waals surface area contributed by atoms with Crippen LogP contribution in [0.15, 0.2) is 36.4 Å². The number of carbonyl (C=O) groups is 2. The molecule has 0 aromatic heterocycles. The third kappa shape index (κ3) is 1.72. The molecule has 4 rings (SSSR count). The van der Waals surface area contributed by atoms with Crippen molar-refractivity contribution in [3.05, 3.63) is 42.0 Å². The molecule has 1 heterocycles. The van der Waals surface area contributed by atoms with Crippen molar-refractivity contribution in [2.24, 2.45) is 23.2 Å². The van der Waals surface area contributed by atoms with Crippen LogP contribution in [0, 0.1) is 23.2 Å². The number of allylic oxidation sites excluding steroid dienone is 2. The highest BCUT2D eigenvalue weighted by molar-refractivity contribution is 6.24. The molecule has 0 radical (unpaired) electrons. The summed E-state index contributed by atoms with van der Waals surface area (Å²) in [4.78, 5) is 26.6. The zero-order valence-corrected chi connectivity index (χ0v) is 12.3. The first-order chi connectivity index (χ1) is 10.7. The number of anilines is 1. The molecular weight excluding hydrogens is 307 g/mol. The summed E-state index contributed by atoms with van der Waals surface area (Å²) in [5.41, 5.74) is -1.69. The summed E-state index contributed by atoms with van der Waals surface area (Å²) in [7, 11) is 0. The first kappa shape index (κ1) is 14.5. The molecular formula is C17H14F3NO2. The van der Waals surface area contributed by atoms with Crippen LogP contribution < -0.4 is 4.90 Å². The maximum Gasteiger partial charge on any atom is 0.416 e. The van der Waals surface area contributed by atoms with Crippen LogP contribution in [-0.4, -0.2) is 11.8 Å². The number of alkyl halides is 3. The van der Waals surface area contributed by atoms with Gasteiger partial charge in [0.15, 0.2) is 0 Å². The van der Waals surface area contributed by atoms with Gasteiger partial charge in [0.1, 0.15) is 0 Å². The average molecular weight is 321 g/mol. The maximum atomic E-state index is 12.9. The molecule has 0 N–H and O–H groups in total. The van der Waals surface area contributed by atoms with Gasteiger partial charge in [0, 0.05) is 0 Å². The molecule has 6 heteroatoms. The number of nitrogens with zero attached hydrogens (tertiary/aromatic N) is 1. The molecule has 1 aliphatic heterocycles. The number of carbonyl (C=O) groups excluding carboxylic acids is 2. The number of halogens is 3. The molecule has 2 amide bonds. The lowest BCUT2D eigenvalue weighted by Crippen LogP contribution is -2.37. The summed E-state index contributed by atoms with van der Waals surface area (Å²) < 4.78 is 38.7. The van der Waals surface area contributed by atoms with Crippen LogP contribution in [0.5, 0.6) is 0 Å². The lowest BCUT2D eigenvalue weighted by atomic mass is 9.71. The molecule has 23 heavy (non-hydrogen) atoms. The first-order valence-electron chi connectivity index (χ1n) is 7.48. The summed E-state index contributed by atoms with van der Waals surface area (Å²) in [6.45, 7) is 1.76. The van der Waals surface area contributed by atoms with Crippen LogP contribution >= 0.6 is 0 Å². The normalized spacial score (nSPS) is 35.3. The van der Waals surface area contributed by atoms with Crippen molar-refractivity contribution < 1.29 is 22.8 Å². The zero-order chi connectivity index (χ0) is 16.6. The topological polar surface area (TPSA) is 37.4 Å². The van der Waals surface area contributed by atoms with E-state index in [0.29, 0.717) is 0 Å². The largest absolute Gasteiger partial charge is 0.416 e. The smallest absolute Gasteiger partial charge is 0.274 e. The molecule has 4 atom stereocenters. The van der Waals surface area contributed by atoms with Gasteiger partial charge in [-0.25, -0.2) is 4.90 Å². The molecule has 0 unspecified atom stereocenters. The fourth-order valence-electron chi connectivity index (χ4n) is 4.37. The van der Waals surface area contributed by atoms with Gasteiger partial charge in [-0.1, -0.05) is 18.2 Å². The van der Waals surface area contributed by atoms with Crippen molar-refractivity contribution in [3.63, 3.8) is 0 Å². The molecule has 2 bridgehead atoms. The Morgan fingerprint density at radius 3 is 2.61 bits per heavy atom. The van der Waals surface area contributed by atoms with Gasteiger partial charge in [0.25, 0.3) is 0 Å². The summed E-state index contributed by atoms with van der Waals surface area (Å²) in [6, 6.07) is 4.41. The van der Waals surface area contributed by atoms with Crippen molar-refractivity contribution in [2.75, 3.05) is 4.90 Å². The minimum Gasteiger partial charge on any atom is -0.274 e. The Hall–Kier alpha value is -2.11. The van der Waals surface area contributed by atoms with Crippen LogP contribution in [0.2, 0.25) is 0 Å². The number of imide groups is 1. The molecule has 1 saturated carbocycles. The number of amides is 2. The summed E-state index contributed by atoms with van der Waals surface area (Å²) in [5, 5.41) is 0. The van der Waals surface area contributed by atoms with Crippen molar-refractivity contribution in [1.82, 2.24) is 0 Å². The summed E-state index contributed by atoms with van der Waals surface area (Å²) in [6.07, 6.45) is 0.178. The number of hydrogen-bond donors (Lipinski definition) is 0. The molecule has 2 aliphatic carbocycles. The third-order valence-corrected chi connectivity index (χ3v) is 5.54. The fraction of sp³-hybridized carbons (Fsp3) is 0.412. The highest BCUT2D eigenvalue weighted by Gasteiger charge is 2.67. The van der Waals surface area contributed by atoms with E-state index in [1.165, 1.54) is 12.1 Å². The van der Waals surface area contributed by atoms with Crippen LogP contribution in [0.25, 0.3) is 0 Å². The van der Waals surface area contributed by atoms with Gasteiger partial charge in [0.2, 0.25) is 11.8 Å². The predicted octanol–water partition coefficient (Wildman–Crippen LogP) is 3.41. The molecule has 3 aliphatic rings. The van der Waals surface area contributed by atoms with Gasteiger partial charge in [-0.3, -0.25) is 9.59 Å². The van der Waals surface area contributed by atoms with E-state index in [1.54, 1.807) is 6.92 Å². The van der Waals surface area contributed by atoms with Gasteiger partial charge in [0.05, 0.1) is 22.6 Å². The lowest BCUT2D eigenvalue weighted by Gasteiger charge is -2.28. The second-order valence-corrected chi connectivity index (χ2v) is 6.68. The number of fused-ring (bicyclic) bond motifs is 5. The highest BCUT2D eigenvalue weighted by atomic mass is 19.4. The van der Waals surface area contributed by atoms with E-state index in [1.807, 2.05) is 12.2 Å². The van der Waals surface area contributed by atoms with E-state index in [2.05, 4.69) is 0 Å². The Morgan fingerprint density at radius 1 is 1.22 bits per heavy atom. The molecule has 1 saturated heterocycles. The second-order valence-electron chi connectivity index (χ2n) is 6.68. The van der Waals surface area contributed by atoms with E-state index < -0.39 is 23.1 Å². The SMILES string of the molecule is C[C@@]12C(=O)N(c3cccc(C(F)(F)F)c3)C(=O)[C@H]1[C@@H]1C=C[C@@H]2C1. The molecule has 1 aromatic rings. The highest BCUT2D eigenvalue weighted by Crippen LogP contribution is 2.60. The Labute approximate surface area is 130 Å². The van der Waals surface area contributed by atoms with E-state index in [-0.39, 0.29) is 29.3 Å². The number of rotatable bonds is 1. The number of hydrogen-bond acceptors (Lipinski definition) is 2. The molecule has 0 spiro atoms. The van der Waals surface area contributed by atoms with Crippen molar-refractivity contribution in [2.45, 2.75) is 19.5 Å². The quantitative estimate of drug-likeness (QED) is 0.587. The van der Waals surface area contributed by atoms with Gasteiger partial charge < -0.3 is 0 Å². The molecule has 1 aromatic carbocycles. The van der Waals surface area contributed by atoms with E-state index in [0.717, 1.165) is 23.5 Å². The van der Waals surface area contributed by atoms with E-state index in [4.69, 9.17) is 0 Å². The van der Waals surface area contributed by atoms with Crippen molar-refractivity contribution >= 4 is 17.5 Å². The van der Waals surface area contributed by atoms with Gasteiger partial charge in [-0.05, 0) is 43.4 Å². The lowest BCUT2D eigenvalue weighted by molar-refractivity contribution is -0.137. The van der Waals surface area contributed by atoms with Crippen LogP contribution in [-0.2, 0) is 15.8 Å². The van der Waals surface area contributed by atoms with Gasteiger partial charge in [-0.2, -0.15) is 13.2 Å². The molecule has 3 nitrogen and oxygen atoms in total. The second kappa shape index (κ2) is 4.24. The van der Waals surface area contributed by atoms with Gasteiger partial charge >= 0.3 is 6.18 Å². The first-order valence-corrected chi connectivity index (χ1v) is 7.48. The van der Waals surface area contributed by atoms with Crippen LogP contribution in [0.4, 0.5) is 18.9 Å². The minimum atomic E-state index is -4.51. The summed E-state index contributed by atoms with van der Waals surface area (Å²) >= 11 is 0. The Bertz CT molecular complexity index is 754. The van der Waals surface area contributed by atoms with Crippen molar-refractivity contribution in [3.8, 4) is 0 Å². The molecule has 120 valence electrons. The summed E-state index contributed by atoms with van der Waals surface area (Å²) in [5.74, 6) is -1.22. The third-order valence-electron chi connectivity index (χ3n) is 5.54. The standard InChI is InChI=1S/C17H14F3NO2/c1-16-10-6-5-9(7-10)13(16)14(22)21(15(16)23)12-4-2-3-11(8-12)17(18,19)20/h2-6,8-10,13H,7H2,1H3/t9-,10-,13-,16+/m1/s1. The van der Waals surface area contributed by atoms with Crippen LogP contribution in [0.3, 0.4) is 0 Å². The van der Waals surface area contributed by atoms with Crippen LogP contribution in [0.1, 0.15) is 18.9 Å².